The molecule has 0 aromatic heterocycles. The summed E-state index contributed by atoms with van der Waals surface area (Å²) in [5.74, 6) is -1.60. The monoisotopic (exact) mass is 470 g/mol. The standard InChI is InChI=1S/C22H16ClFN4O5/c23-16-8-9-20(33-13-21(29)26-19-7-2-1-6-18(19)24)15(10-16)12-25-27-22(30)14-4-3-5-17(11-14)28(31)32/h1-12H,13H2,(H,26,29)(H,27,30)/b25-12+. The number of para-hydroxylation sites is 1. The molecule has 0 aliphatic rings. The number of hydrogen-bond acceptors (Lipinski definition) is 6. The fourth-order valence-electron chi connectivity index (χ4n) is 2.63. The van der Waals surface area contributed by atoms with Gasteiger partial charge in [0.25, 0.3) is 17.5 Å². The maximum absolute atomic E-state index is 13.7. The first-order chi connectivity index (χ1) is 15.8. The van der Waals surface area contributed by atoms with Crippen LogP contribution >= 0.6 is 11.6 Å². The van der Waals surface area contributed by atoms with Crippen molar-refractivity contribution in [2.24, 2.45) is 5.10 Å². The Kier molecular flexibility index (Phi) is 7.66. The summed E-state index contributed by atoms with van der Waals surface area (Å²) in [7, 11) is 0. The van der Waals surface area contributed by atoms with Crippen LogP contribution in [0.4, 0.5) is 15.8 Å². The van der Waals surface area contributed by atoms with Gasteiger partial charge in [-0.05, 0) is 36.4 Å². The maximum atomic E-state index is 13.7. The molecule has 3 rings (SSSR count). The van der Waals surface area contributed by atoms with Crippen molar-refractivity contribution >= 4 is 41.0 Å². The van der Waals surface area contributed by atoms with Crippen LogP contribution < -0.4 is 15.5 Å². The van der Waals surface area contributed by atoms with Crippen molar-refractivity contribution in [3.63, 3.8) is 0 Å². The summed E-state index contributed by atoms with van der Waals surface area (Å²) in [6.45, 7) is -0.420. The van der Waals surface area contributed by atoms with Gasteiger partial charge in [-0.3, -0.25) is 19.7 Å². The average Bonchev–Trinajstić information content (AvgIpc) is 2.80. The Morgan fingerprint density at radius 1 is 1.12 bits per heavy atom. The molecular formula is C22H16ClFN4O5. The Morgan fingerprint density at radius 3 is 2.67 bits per heavy atom. The van der Waals surface area contributed by atoms with Gasteiger partial charge < -0.3 is 10.1 Å². The number of anilines is 1. The number of carbonyl (C=O) groups is 2. The van der Waals surface area contributed by atoms with E-state index < -0.39 is 29.2 Å². The number of ether oxygens (including phenoxy) is 1. The quantitative estimate of drug-likeness (QED) is 0.290. The van der Waals surface area contributed by atoms with Gasteiger partial charge in [0.2, 0.25) is 0 Å². The van der Waals surface area contributed by atoms with Crippen molar-refractivity contribution in [1.29, 1.82) is 0 Å². The number of carbonyl (C=O) groups excluding carboxylic acids is 2. The number of halogens is 2. The van der Waals surface area contributed by atoms with Crippen molar-refractivity contribution in [1.82, 2.24) is 5.43 Å². The number of hydrazone groups is 1. The molecule has 0 aliphatic heterocycles. The van der Waals surface area contributed by atoms with Crippen LogP contribution in [-0.4, -0.2) is 29.6 Å². The number of benzene rings is 3. The molecule has 0 spiro atoms. The zero-order valence-electron chi connectivity index (χ0n) is 16.8. The topological polar surface area (TPSA) is 123 Å². The normalized spacial score (nSPS) is 10.6. The first kappa shape index (κ1) is 23.4. The summed E-state index contributed by atoms with van der Waals surface area (Å²) in [5.41, 5.74) is 2.44. The van der Waals surface area contributed by atoms with Gasteiger partial charge in [-0.15, -0.1) is 0 Å². The molecule has 2 N–H and O–H groups in total. The first-order valence-corrected chi connectivity index (χ1v) is 9.76. The predicted octanol–water partition coefficient (Wildman–Crippen LogP) is 4.17. The minimum absolute atomic E-state index is 0.0212. The molecule has 0 aliphatic carbocycles. The van der Waals surface area contributed by atoms with Crippen LogP contribution in [0, 0.1) is 15.9 Å². The smallest absolute Gasteiger partial charge is 0.271 e. The third-order valence-electron chi connectivity index (χ3n) is 4.17. The molecule has 9 nitrogen and oxygen atoms in total. The summed E-state index contributed by atoms with van der Waals surface area (Å²) in [5, 5.41) is 17.4. The molecule has 0 heterocycles. The van der Waals surface area contributed by atoms with Crippen molar-refractivity contribution in [3.8, 4) is 5.75 Å². The van der Waals surface area contributed by atoms with Gasteiger partial charge in [0.1, 0.15) is 11.6 Å². The van der Waals surface area contributed by atoms with Crippen LogP contribution in [0.3, 0.4) is 0 Å². The lowest BCUT2D eigenvalue weighted by molar-refractivity contribution is -0.384. The van der Waals surface area contributed by atoms with Gasteiger partial charge in [-0.1, -0.05) is 29.8 Å². The number of non-ortho nitro benzene ring substituents is 1. The SMILES string of the molecule is O=C(COc1ccc(Cl)cc1/C=N/NC(=O)c1cccc([N+](=O)[O-])c1)Nc1ccccc1F. The largest absolute Gasteiger partial charge is 0.483 e. The molecule has 0 atom stereocenters. The number of rotatable bonds is 8. The Balaban J connectivity index is 1.64. The van der Waals surface area contributed by atoms with Gasteiger partial charge in [-0.25, -0.2) is 9.82 Å². The van der Waals surface area contributed by atoms with E-state index in [1.165, 1.54) is 60.8 Å². The van der Waals surface area contributed by atoms with Crippen LogP contribution in [0.25, 0.3) is 0 Å². The highest BCUT2D eigenvalue weighted by Crippen LogP contribution is 2.22. The van der Waals surface area contributed by atoms with E-state index in [9.17, 15) is 24.1 Å². The van der Waals surface area contributed by atoms with E-state index in [2.05, 4.69) is 15.8 Å². The van der Waals surface area contributed by atoms with Crippen LogP contribution in [0.15, 0.2) is 71.8 Å². The van der Waals surface area contributed by atoms with E-state index in [-0.39, 0.29) is 22.7 Å². The van der Waals surface area contributed by atoms with Crippen LogP contribution in [0.1, 0.15) is 15.9 Å². The molecule has 2 amide bonds. The number of nitro groups is 1. The summed E-state index contributed by atoms with van der Waals surface area (Å²) in [6, 6.07) is 15.4. The van der Waals surface area contributed by atoms with E-state index in [1.54, 1.807) is 6.07 Å². The maximum Gasteiger partial charge on any atom is 0.271 e. The zero-order chi connectivity index (χ0) is 23.8. The van der Waals surface area contributed by atoms with Crippen molar-refractivity contribution in [2.45, 2.75) is 0 Å². The van der Waals surface area contributed by atoms with E-state index in [1.807, 2.05) is 0 Å². The van der Waals surface area contributed by atoms with Crippen LogP contribution in [0.5, 0.6) is 5.75 Å². The lowest BCUT2D eigenvalue weighted by Crippen LogP contribution is -2.21. The van der Waals surface area contributed by atoms with E-state index in [0.29, 0.717) is 10.6 Å². The van der Waals surface area contributed by atoms with Gasteiger partial charge in [0, 0.05) is 28.3 Å². The van der Waals surface area contributed by atoms with E-state index in [4.69, 9.17) is 16.3 Å². The Hall–Kier alpha value is -4.31. The zero-order valence-corrected chi connectivity index (χ0v) is 17.6. The second-order valence-corrected chi connectivity index (χ2v) is 6.94. The minimum atomic E-state index is -0.663. The number of nitrogens with zero attached hydrogens (tertiary/aromatic N) is 2. The van der Waals surface area contributed by atoms with Gasteiger partial charge in [-0.2, -0.15) is 5.10 Å². The fraction of sp³-hybridized carbons (Fsp3) is 0.0455. The molecule has 33 heavy (non-hydrogen) atoms. The van der Waals surface area contributed by atoms with Crippen molar-refractivity contribution in [2.75, 3.05) is 11.9 Å². The van der Waals surface area contributed by atoms with Gasteiger partial charge in [0.15, 0.2) is 6.61 Å². The van der Waals surface area contributed by atoms with E-state index in [0.717, 1.165) is 6.07 Å². The van der Waals surface area contributed by atoms with Crippen LogP contribution in [-0.2, 0) is 4.79 Å². The molecule has 0 unspecified atom stereocenters. The summed E-state index contributed by atoms with van der Waals surface area (Å²) in [4.78, 5) is 34.5. The van der Waals surface area contributed by atoms with E-state index >= 15 is 0 Å². The minimum Gasteiger partial charge on any atom is -0.483 e. The summed E-state index contributed by atoms with van der Waals surface area (Å²) >= 11 is 6.00. The molecular weight excluding hydrogens is 455 g/mol. The van der Waals surface area contributed by atoms with Crippen LogP contribution in [0.2, 0.25) is 5.02 Å². The molecule has 0 radical (unpaired) electrons. The molecule has 168 valence electrons. The van der Waals surface area contributed by atoms with Crippen molar-refractivity contribution < 1.29 is 23.6 Å². The molecule has 3 aromatic carbocycles. The molecule has 0 bridgehead atoms. The molecule has 0 saturated carbocycles. The molecule has 11 heteroatoms. The fourth-order valence-corrected chi connectivity index (χ4v) is 2.81. The molecule has 0 fully saturated rings. The summed E-state index contributed by atoms with van der Waals surface area (Å²) < 4.78 is 19.1. The van der Waals surface area contributed by atoms with Crippen molar-refractivity contribution in [3.05, 3.63) is 98.8 Å². The number of nitro benzene ring substituents is 1. The molecule has 3 aromatic rings. The predicted molar refractivity (Wildman–Crippen MR) is 120 cm³/mol. The summed E-state index contributed by atoms with van der Waals surface area (Å²) in [6.07, 6.45) is 1.24. The third kappa shape index (κ3) is 6.58. The Morgan fingerprint density at radius 2 is 1.91 bits per heavy atom. The highest BCUT2D eigenvalue weighted by molar-refractivity contribution is 6.30. The third-order valence-corrected chi connectivity index (χ3v) is 4.40. The lowest BCUT2D eigenvalue weighted by Gasteiger charge is -2.10. The number of hydrogen-bond donors (Lipinski definition) is 2. The Bertz CT molecular complexity index is 1230. The first-order valence-electron chi connectivity index (χ1n) is 9.38. The highest BCUT2D eigenvalue weighted by atomic mass is 35.5. The van der Waals surface area contributed by atoms with Gasteiger partial charge >= 0.3 is 0 Å². The van der Waals surface area contributed by atoms with Gasteiger partial charge in [0.05, 0.1) is 16.8 Å². The lowest BCUT2D eigenvalue weighted by atomic mass is 10.2. The molecule has 0 saturated heterocycles. The number of nitrogens with one attached hydrogen (secondary N) is 2. The highest BCUT2D eigenvalue weighted by Gasteiger charge is 2.12. The second kappa shape index (κ2) is 10.8. The number of amides is 2. The average molecular weight is 471 g/mol. The Labute approximate surface area is 192 Å². The second-order valence-electron chi connectivity index (χ2n) is 6.51.